The first-order valence-electron chi connectivity index (χ1n) is 8.74. The first-order valence-corrected chi connectivity index (χ1v) is 10.0. The molecule has 1 atom stereocenters. The molecule has 3 N–H and O–H groups in total. The highest BCUT2D eigenvalue weighted by atomic mass is 31.1. The lowest BCUT2D eigenvalue weighted by molar-refractivity contribution is 0.297. The second kappa shape index (κ2) is 22.4. The van der Waals surface area contributed by atoms with E-state index in [1.807, 2.05) is 0 Å². The summed E-state index contributed by atoms with van der Waals surface area (Å²) in [6.45, 7) is 5.13. The monoisotopic (exact) mass is 323 g/mol. The molecule has 5 heteroatoms. The molecule has 0 aliphatic carbocycles. The van der Waals surface area contributed by atoms with Crippen LogP contribution in [0.2, 0.25) is 0 Å². The Kier molecular flexibility index (Phi) is 24.9. The largest absolute Gasteiger partial charge is 0.330 e. The highest BCUT2D eigenvalue weighted by molar-refractivity contribution is 7.32. The smallest absolute Gasteiger partial charge is 0.316 e. The molecule has 0 rings (SSSR count). The van der Waals surface area contributed by atoms with Crippen molar-refractivity contribution in [2.24, 2.45) is 5.73 Å². The number of hydrogen-bond donors (Lipinski definition) is 2. The number of nitrogens with two attached hydrogens (primary N) is 1. The molecule has 0 heterocycles. The van der Waals surface area contributed by atoms with Crippen LogP contribution in [0.1, 0.15) is 90.9 Å². The van der Waals surface area contributed by atoms with Gasteiger partial charge in [-0.15, -0.1) is 0 Å². The van der Waals surface area contributed by atoms with Crippen LogP contribution in [0.25, 0.3) is 0 Å². The molecular formula is C16H38NO3P. The highest BCUT2D eigenvalue weighted by Crippen LogP contribution is 2.12. The molecule has 0 saturated heterocycles. The van der Waals surface area contributed by atoms with E-state index in [1.165, 1.54) is 77.0 Å². The Morgan fingerprint density at radius 1 is 0.810 bits per heavy atom. The van der Waals surface area contributed by atoms with Gasteiger partial charge >= 0.3 is 8.25 Å². The van der Waals surface area contributed by atoms with E-state index in [4.69, 9.17) is 10.6 Å². The Morgan fingerprint density at radius 3 is 1.43 bits per heavy atom. The Morgan fingerprint density at radius 2 is 1.19 bits per heavy atom. The van der Waals surface area contributed by atoms with Gasteiger partial charge in [0.15, 0.2) is 0 Å². The summed E-state index contributed by atoms with van der Waals surface area (Å²) < 4.78 is 13.7. The van der Waals surface area contributed by atoms with Crippen LogP contribution in [0.15, 0.2) is 0 Å². The van der Waals surface area contributed by atoms with Crippen molar-refractivity contribution >= 4 is 8.25 Å². The number of unbranched alkanes of at least 4 members (excludes halogenated alkanes) is 11. The summed E-state index contributed by atoms with van der Waals surface area (Å²) in [5.74, 6) is 0. The van der Waals surface area contributed by atoms with Gasteiger partial charge < -0.3 is 15.2 Å². The molecule has 0 aliphatic rings. The van der Waals surface area contributed by atoms with Gasteiger partial charge in [0, 0.05) is 0 Å². The molecule has 0 radical (unpaired) electrons. The summed E-state index contributed by atoms with van der Waals surface area (Å²) in [6.07, 6.45) is 16.9. The number of hydrogen-bond acceptors (Lipinski definition) is 3. The minimum absolute atomic E-state index is 0.314. The molecule has 0 aromatic carbocycles. The molecule has 0 aromatic rings. The van der Waals surface area contributed by atoms with Crippen molar-refractivity contribution in [3.63, 3.8) is 0 Å². The molecule has 1 unspecified atom stereocenters. The standard InChI is InChI=1S/C14H31N.C2H7O3P/c1-2-3-4-5-6-7-8-9-10-11-12-13-14-15;1-2-5-6(3)4/h2-15H2,1H3;6H,2H2,1H3,(H,3,4). The van der Waals surface area contributed by atoms with Crippen LogP contribution in [0.5, 0.6) is 0 Å². The minimum atomic E-state index is -2.64. The van der Waals surface area contributed by atoms with Crippen LogP contribution in [0.3, 0.4) is 0 Å². The third-order valence-electron chi connectivity index (χ3n) is 3.33. The zero-order chi connectivity index (χ0) is 16.2. The summed E-state index contributed by atoms with van der Waals surface area (Å²) in [5.41, 5.74) is 5.45. The maximum absolute atomic E-state index is 9.56. The topological polar surface area (TPSA) is 72.5 Å². The van der Waals surface area contributed by atoms with Crippen LogP contribution >= 0.6 is 8.25 Å². The normalized spacial score (nSPS) is 11.8. The van der Waals surface area contributed by atoms with Crippen LogP contribution in [0, 0.1) is 0 Å². The van der Waals surface area contributed by atoms with Gasteiger partial charge in [0.2, 0.25) is 0 Å². The minimum Gasteiger partial charge on any atom is -0.330 e. The molecule has 0 saturated carbocycles. The van der Waals surface area contributed by atoms with E-state index in [-0.39, 0.29) is 0 Å². The van der Waals surface area contributed by atoms with Gasteiger partial charge in [-0.1, -0.05) is 77.6 Å². The molecule has 21 heavy (non-hydrogen) atoms. The van der Waals surface area contributed by atoms with E-state index in [9.17, 15) is 4.57 Å². The maximum Gasteiger partial charge on any atom is 0.316 e. The molecule has 0 amide bonds. The van der Waals surface area contributed by atoms with E-state index in [2.05, 4.69) is 11.4 Å². The Labute approximate surface area is 132 Å². The van der Waals surface area contributed by atoms with E-state index in [0.29, 0.717) is 6.61 Å². The zero-order valence-electron chi connectivity index (χ0n) is 14.2. The van der Waals surface area contributed by atoms with E-state index in [0.717, 1.165) is 6.54 Å². The predicted octanol–water partition coefficient (Wildman–Crippen LogP) is 5.05. The fourth-order valence-corrected chi connectivity index (χ4v) is 2.36. The van der Waals surface area contributed by atoms with Crippen molar-refractivity contribution in [2.75, 3.05) is 13.2 Å². The Bertz CT molecular complexity index is 192. The highest BCUT2D eigenvalue weighted by Gasteiger charge is 1.92. The maximum atomic E-state index is 9.56. The molecule has 0 spiro atoms. The Hall–Kier alpha value is 0.110. The molecule has 0 aromatic heterocycles. The summed E-state index contributed by atoms with van der Waals surface area (Å²) in [5, 5.41) is 0. The second-order valence-corrected chi connectivity index (χ2v) is 6.20. The van der Waals surface area contributed by atoms with Gasteiger partial charge in [0.1, 0.15) is 0 Å². The van der Waals surface area contributed by atoms with Crippen LogP contribution in [-0.2, 0) is 9.09 Å². The summed E-state index contributed by atoms with van der Waals surface area (Å²) in [7, 11) is -2.64. The summed E-state index contributed by atoms with van der Waals surface area (Å²) in [6, 6.07) is 0. The second-order valence-electron chi connectivity index (χ2n) is 5.38. The van der Waals surface area contributed by atoms with E-state index in [1.54, 1.807) is 6.92 Å². The van der Waals surface area contributed by atoms with Gasteiger partial charge in [0.25, 0.3) is 0 Å². The lowest BCUT2D eigenvalue weighted by atomic mass is 10.1. The number of rotatable bonds is 14. The SMILES string of the molecule is CCCCCCCCCCCCCCN.CCO[PH](=O)O. The van der Waals surface area contributed by atoms with Crippen molar-refractivity contribution in [1.82, 2.24) is 0 Å². The fraction of sp³-hybridized carbons (Fsp3) is 1.00. The average Bonchev–Trinajstić information content (AvgIpc) is 2.45. The van der Waals surface area contributed by atoms with Crippen molar-refractivity contribution in [3.8, 4) is 0 Å². The fourth-order valence-electron chi connectivity index (χ4n) is 2.11. The third kappa shape index (κ3) is 28.9. The van der Waals surface area contributed by atoms with E-state index >= 15 is 0 Å². The zero-order valence-corrected chi connectivity index (χ0v) is 15.2. The first kappa shape index (κ1) is 23.4. The molecule has 0 bridgehead atoms. The predicted molar refractivity (Wildman–Crippen MR) is 93.0 cm³/mol. The van der Waals surface area contributed by atoms with Crippen molar-refractivity contribution in [3.05, 3.63) is 0 Å². The van der Waals surface area contributed by atoms with Crippen LogP contribution in [-0.4, -0.2) is 18.0 Å². The van der Waals surface area contributed by atoms with E-state index < -0.39 is 8.25 Å². The summed E-state index contributed by atoms with van der Waals surface area (Å²) >= 11 is 0. The van der Waals surface area contributed by atoms with Gasteiger partial charge in [-0.05, 0) is 19.9 Å². The van der Waals surface area contributed by atoms with Gasteiger partial charge in [-0.2, -0.15) is 0 Å². The summed E-state index contributed by atoms with van der Waals surface area (Å²) in [4.78, 5) is 7.88. The van der Waals surface area contributed by atoms with Gasteiger partial charge in [-0.25, -0.2) is 0 Å². The quantitative estimate of drug-likeness (QED) is 0.346. The van der Waals surface area contributed by atoms with Crippen LogP contribution in [0.4, 0.5) is 0 Å². The third-order valence-corrected chi connectivity index (χ3v) is 3.86. The van der Waals surface area contributed by atoms with Crippen molar-refractivity contribution < 1.29 is 14.0 Å². The van der Waals surface area contributed by atoms with Gasteiger partial charge in [-0.3, -0.25) is 4.57 Å². The lowest BCUT2D eigenvalue weighted by Gasteiger charge is -2.01. The van der Waals surface area contributed by atoms with Crippen molar-refractivity contribution in [1.29, 1.82) is 0 Å². The lowest BCUT2D eigenvalue weighted by Crippen LogP contribution is -1.97. The Balaban J connectivity index is 0. The molecule has 0 fully saturated rings. The van der Waals surface area contributed by atoms with Gasteiger partial charge in [0.05, 0.1) is 6.61 Å². The molecule has 130 valence electrons. The average molecular weight is 323 g/mol. The molecule has 4 nitrogen and oxygen atoms in total. The van der Waals surface area contributed by atoms with Crippen LogP contribution < -0.4 is 5.73 Å². The first-order chi connectivity index (χ1) is 10.2. The van der Waals surface area contributed by atoms with Crippen molar-refractivity contribution in [2.45, 2.75) is 90.9 Å². The molecule has 0 aliphatic heterocycles. The molecular weight excluding hydrogens is 285 g/mol.